The molecule has 0 unspecified atom stereocenters. The van der Waals surface area contributed by atoms with E-state index in [2.05, 4.69) is 25.3 Å². The van der Waals surface area contributed by atoms with Gasteiger partial charge in [-0.1, -0.05) is 0 Å². The lowest BCUT2D eigenvalue weighted by atomic mass is 10.0. The van der Waals surface area contributed by atoms with Gasteiger partial charge in [0.25, 0.3) is 5.70 Å². The lowest BCUT2D eigenvalue weighted by Gasteiger charge is -2.20. The van der Waals surface area contributed by atoms with Gasteiger partial charge in [0.1, 0.15) is 5.57 Å². The minimum absolute atomic E-state index is 0.215. The predicted molar refractivity (Wildman–Crippen MR) is 56.1 cm³/mol. The van der Waals surface area contributed by atoms with Crippen molar-refractivity contribution in [3.05, 3.63) is 33.5 Å². The van der Waals surface area contributed by atoms with Crippen LogP contribution in [-0.4, -0.2) is 20.1 Å². The highest BCUT2D eigenvalue weighted by molar-refractivity contribution is 8.00. The average molecular weight is 233 g/mol. The van der Waals surface area contributed by atoms with E-state index in [1.807, 2.05) is 0 Å². The van der Waals surface area contributed by atoms with E-state index >= 15 is 0 Å². The highest BCUT2D eigenvalue weighted by Gasteiger charge is 2.33. The summed E-state index contributed by atoms with van der Waals surface area (Å²) in [5.41, 5.74) is -0.775. The number of aliphatic carboxylic acids is 1. The maximum atomic E-state index is 10.7. The molecule has 1 aliphatic rings. The minimum Gasteiger partial charge on any atom is -0.477 e. The number of thiol groups is 2. The van der Waals surface area contributed by atoms with Crippen molar-refractivity contribution in [1.29, 1.82) is 0 Å². The lowest BCUT2D eigenvalue weighted by molar-refractivity contribution is -0.421. The van der Waals surface area contributed by atoms with E-state index in [-0.39, 0.29) is 12.0 Å². The highest BCUT2D eigenvalue weighted by atomic mass is 32.2. The smallest absolute Gasteiger partial charge is 0.342 e. The lowest BCUT2D eigenvalue weighted by Crippen LogP contribution is -2.21. The van der Waals surface area contributed by atoms with Gasteiger partial charge in [-0.15, -0.1) is 0 Å². The fourth-order valence-electron chi connectivity index (χ4n) is 1.07. The number of carboxylic acids is 1. The molecule has 0 aromatic rings. The van der Waals surface area contributed by atoms with E-state index in [1.165, 1.54) is 12.2 Å². The van der Waals surface area contributed by atoms with Crippen LogP contribution in [0.5, 0.6) is 0 Å². The van der Waals surface area contributed by atoms with E-state index in [0.717, 1.165) is 0 Å². The van der Waals surface area contributed by atoms with Crippen molar-refractivity contribution in [3.63, 3.8) is 0 Å². The molecule has 0 fully saturated rings. The van der Waals surface area contributed by atoms with Gasteiger partial charge in [-0.25, -0.2) is 4.79 Å². The molecule has 0 radical (unpaired) electrons. The zero-order chi connectivity index (χ0) is 10.9. The van der Waals surface area contributed by atoms with Crippen LogP contribution in [0.3, 0.4) is 0 Å². The van der Waals surface area contributed by atoms with Gasteiger partial charge < -0.3 is 5.11 Å². The summed E-state index contributed by atoms with van der Waals surface area (Å²) in [6, 6.07) is 0. The van der Waals surface area contributed by atoms with Crippen molar-refractivity contribution in [2.75, 3.05) is 0 Å². The standard InChI is InChI=1S/C7H7NO4S2/c9-6(10)4-3-7(13,14)2-1-5(4)8(11)12/h1,3,13-14H,2H2,(H,9,10). The van der Waals surface area contributed by atoms with E-state index in [4.69, 9.17) is 5.11 Å². The number of nitro groups is 1. The second-order valence-corrected chi connectivity index (χ2v) is 4.74. The van der Waals surface area contributed by atoms with Gasteiger partial charge in [-0.2, -0.15) is 25.3 Å². The summed E-state index contributed by atoms with van der Waals surface area (Å²) in [5, 5.41) is 19.2. The minimum atomic E-state index is -1.35. The molecule has 0 saturated carbocycles. The largest absolute Gasteiger partial charge is 0.477 e. The molecule has 0 atom stereocenters. The van der Waals surface area contributed by atoms with Gasteiger partial charge in [-0.3, -0.25) is 10.1 Å². The van der Waals surface area contributed by atoms with Gasteiger partial charge in [0.2, 0.25) is 0 Å². The molecule has 1 N–H and O–H groups in total. The van der Waals surface area contributed by atoms with Crippen LogP contribution < -0.4 is 0 Å². The Bertz CT molecular complexity index is 359. The Morgan fingerprint density at radius 2 is 2.21 bits per heavy atom. The van der Waals surface area contributed by atoms with Crippen molar-refractivity contribution in [3.8, 4) is 0 Å². The number of nitrogens with zero attached hydrogens (tertiary/aromatic N) is 1. The number of rotatable bonds is 2. The van der Waals surface area contributed by atoms with Crippen LogP contribution in [-0.2, 0) is 4.79 Å². The molecule has 14 heavy (non-hydrogen) atoms. The topological polar surface area (TPSA) is 80.4 Å². The van der Waals surface area contributed by atoms with Crippen LogP contribution in [0.15, 0.2) is 23.4 Å². The quantitative estimate of drug-likeness (QED) is 0.289. The van der Waals surface area contributed by atoms with E-state index < -0.39 is 20.7 Å². The summed E-state index contributed by atoms with van der Waals surface area (Å²) in [5.74, 6) is -1.35. The van der Waals surface area contributed by atoms with Crippen molar-refractivity contribution in [2.24, 2.45) is 0 Å². The zero-order valence-corrected chi connectivity index (χ0v) is 8.66. The first-order valence-electron chi connectivity index (χ1n) is 3.59. The number of hydrogen-bond acceptors (Lipinski definition) is 5. The van der Waals surface area contributed by atoms with Crippen molar-refractivity contribution in [1.82, 2.24) is 0 Å². The van der Waals surface area contributed by atoms with Crippen molar-refractivity contribution < 1.29 is 14.8 Å². The molecule has 5 nitrogen and oxygen atoms in total. The first-order chi connectivity index (χ1) is 6.33. The normalized spacial score (nSPS) is 19.6. The zero-order valence-electron chi connectivity index (χ0n) is 6.88. The Kier molecular flexibility index (Phi) is 2.91. The SMILES string of the molecule is O=C(O)C1=CC(S)(S)CC=C1[N+](=O)[O-]. The van der Waals surface area contributed by atoms with Crippen LogP contribution in [0.2, 0.25) is 0 Å². The molecule has 0 heterocycles. The Hall–Kier alpha value is -0.950. The van der Waals surface area contributed by atoms with Gasteiger partial charge in [0.15, 0.2) is 0 Å². The Morgan fingerprint density at radius 1 is 1.64 bits per heavy atom. The monoisotopic (exact) mass is 233 g/mol. The maximum Gasteiger partial charge on any atom is 0.342 e. The molecule has 0 bridgehead atoms. The van der Waals surface area contributed by atoms with E-state index in [0.29, 0.717) is 0 Å². The number of carbonyl (C=O) groups is 1. The maximum absolute atomic E-state index is 10.7. The molecule has 0 amide bonds. The molecule has 1 aliphatic carbocycles. The molecule has 1 rings (SSSR count). The summed E-state index contributed by atoms with van der Waals surface area (Å²) in [7, 11) is 0. The highest BCUT2D eigenvalue weighted by Crippen LogP contribution is 2.34. The summed E-state index contributed by atoms with van der Waals surface area (Å²) in [4.78, 5) is 20.4. The molecular weight excluding hydrogens is 226 g/mol. The van der Waals surface area contributed by atoms with Gasteiger partial charge >= 0.3 is 5.97 Å². The van der Waals surface area contributed by atoms with Crippen LogP contribution in [0.25, 0.3) is 0 Å². The third-order valence-electron chi connectivity index (χ3n) is 1.67. The van der Waals surface area contributed by atoms with Gasteiger partial charge in [0, 0.05) is 0 Å². The third kappa shape index (κ3) is 2.30. The second-order valence-electron chi connectivity index (χ2n) is 2.79. The molecule has 0 aromatic heterocycles. The third-order valence-corrected chi connectivity index (χ3v) is 2.30. The van der Waals surface area contributed by atoms with Crippen molar-refractivity contribution in [2.45, 2.75) is 10.5 Å². The Labute approximate surface area is 90.5 Å². The number of allylic oxidation sites excluding steroid dienone is 1. The summed E-state index contributed by atoms with van der Waals surface area (Å²) in [6.45, 7) is 0. The first-order valence-corrected chi connectivity index (χ1v) is 4.49. The van der Waals surface area contributed by atoms with E-state index in [1.54, 1.807) is 0 Å². The van der Waals surface area contributed by atoms with Crippen LogP contribution >= 0.6 is 25.3 Å². The molecule has 0 saturated heterocycles. The van der Waals surface area contributed by atoms with E-state index in [9.17, 15) is 14.9 Å². The van der Waals surface area contributed by atoms with Crippen LogP contribution in [0.1, 0.15) is 6.42 Å². The summed E-state index contributed by atoms with van der Waals surface area (Å²) >= 11 is 8.08. The molecular formula is C7H7NO4S2. The fraction of sp³-hybridized carbons (Fsp3) is 0.286. The van der Waals surface area contributed by atoms with Crippen LogP contribution in [0, 0.1) is 10.1 Å². The molecule has 7 heteroatoms. The molecule has 0 aliphatic heterocycles. The Morgan fingerprint density at radius 3 is 2.64 bits per heavy atom. The summed E-state index contributed by atoms with van der Waals surface area (Å²) < 4.78 is -0.937. The number of hydrogen-bond donors (Lipinski definition) is 3. The Balaban J connectivity index is 3.14. The van der Waals surface area contributed by atoms with Gasteiger partial charge in [0.05, 0.1) is 9.00 Å². The summed E-state index contributed by atoms with van der Waals surface area (Å²) in [6.07, 6.45) is 2.59. The molecule has 76 valence electrons. The van der Waals surface area contributed by atoms with Crippen molar-refractivity contribution >= 4 is 31.2 Å². The fourth-order valence-corrected chi connectivity index (χ4v) is 1.51. The van der Waals surface area contributed by atoms with Gasteiger partial charge in [-0.05, 0) is 18.6 Å². The molecule has 0 aromatic carbocycles. The first kappa shape index (κ1) is 11.1. The number of carboxylic acid groups (broad SMARTS) is 1. The average Bonchev–Trinajstić information content (AvgIpc) is 2.01. The van der Waals surface area contributed by atoms with Crippen LogP contribution in [0.4, 0.5) is 0 Å². The predicted octanol–water partition coefficient (Wildman–Crippen LogP) is 1.12. The molecule has 0 spiro atoms. The second kappa shape index (κ2) is 3.66.